The lowest BCUT2D eigenvalue weighted by atomic mass is 10.1. The summed E-state index contributed by atoms with van der Waals surface area (Å²) in [5.41, 5.74) is 0.939. The molecule has 0 aliphatic carbocycles. The van der Waals surface area contributed by atoms with Gasteiger partial charge in [-0.3, -0.25) is 19.0 Å². The first-order valence-electron chi connectivity index (χ1n) is 13.1. The van der Waals surface area contributed by atoms with Gasteiger partial charge in [0.25, 0.3) is 12.0 Å². The van der Waals surface area contributed by atoms with E-state index in [-0.39, 0.29) is 29.1 Å². The van der Waals surface area contributed by atoms with Gasteiger partial charge >= 0.3 is 18.3 Å². The van der Waals surface area contributed by atoms with E-state index in [9.17, 15) is 49.5 Å². The molecule has 0 saturated heterocycles. The number of pyridine rings is 1. The molecule has 0 radical (unpaired) electrons. The number of hydrogen-bond acceptors (Lipinski definition) is 8. The second-order valence-corrected chi connectivity index (χ2v) is 9.53. The van der Waals surface area contributed by atoms with Crippen molar-refractivity contribution in [3.63, 3.8) is 0 Å². The molecule has 0 fully saturated rings. The normalized spacial score (nSPS) is 11.6. The van der Waals surface area contributed by atoms with Crippen LogP contribution in [-0.4, -0.2) is 57.2 Å². The van der Waals surface area contributed by atoms with Crippen LogP contribution in [0.15, 0.2) is 59.7 Å². The molecule has 2 heterocycles. The van der Waals surface area contributed by atoms with Gasteiger partial charge in [0.15, 0.2) is 18.1 Å². The third-order valence-electron chi connectivity index (χ3n) is 5.52. The summed E-state index contributed by atoms with van der Waals surface area (Å²) in [5, 5.41) is 23.6. The van der Waals surface area contributed by atoms with Gasteiger partial charge in [-0.15, -0.1) is 0 Å². The number of nitrogens with one attached hydrogen (secondary N) is 4. The van der Waals surface area contributed by atoms with E-state index in [1.807, 2.05) is 12.1 Å². The maximum atomic E-state index is 13.7. The molecular formula is C27H25ClF8N6O7. The highest BCUT2D eigenvalue weighted by atomic mass is 35.5. The van der Waals surface area contributed by atoms with E-state index in [0.29, 0.717) is 6.54 Å². The molecule has 268 valence electrons. The molecule has 5 N–H and O–H groups in total. The van der Waals surface area contributed by atoms with Crippen molar-refractivity contribution in [2.24, 2.45) is 0 Å². The number of carbonyl (C=O) groups is 4. The Morgan fingerprint density at radius 2 is 1.47 bits per heavy atom. The van der Waals surface area contributed by atoms with E-state index < -0.39 is 54.8 Å². The van der Waals surface area contributed by atoms with Crippen LogP contribution in [0.2, 0.25) is 5.15 Å². The zero-order chi connectivity index (χ0) is 37.5. The van der Waals surface area contributed by atoms with Crippen molar-refractivity contribution in [3.8, 4) is 0 Å². The number of aromatic nitrogens is 3. The first-order chi connectivity index (χ1) is 22.6. The Hall–Kier alpha value is -5.34. The molecule has 3 rings (SSSR count). The summed E-state index contributed by atoms with van der Waals surface area (Å²) in [7, 11) is 0. The molecule has 1 aromatic carbocycles. The van der Waals surface area contributed by atoms with Gasteiger partial charge in [0.05, 0.1) is 6.20 Å². The smallest absolute Gasteiger partial charge is 0.490 e. The number of halogens is 9. The van der Waals surface area contributed by atoms with E-state index >= 15 is 0 Å². The Labute approximate surface area is 274 Å². The number of carbonyl (C=O) groups excluding carboxylic acids is 3. The van der Waals surface area contributed by atoms with E-state index in [0.717, 1.165) is 21.9 Å². The Kier molecular flexibility index (Phi) is 16.0. The Balaban J connectivity index is 0.000000717. The monoisotopic (exact) mass is 732 g/mol. The lowest BCUT2D eigenvalue weighted by Crippen LogP contribution is -2.37. The van der Waals surface area contributed by atoms with E-state index in [1.54, 1.807) is 24.3 Å². The number of H-pyrrole nitrogens is 1. The van der Waals surface area contributed by atoms with Gasteiger partial charge < -0.3 is 31.0 Å². The Bertz CT molecular complexity index is 1620. The molecule has 0 saturated carbocycles. The number of rotatable bonds is 10. The summed E-state index contributed by atoms with van der Waals surface area (Å²) in [6.45, 7) is 1.41. The molecule has 2 aromatic heterocycles. The van der Waals surface area contributed by atoms with Crippen LogP contribution in [0.1, 0.15) is 29.8 Å². The highest BCUT2D eigenvalue weighted by Gasteiger charge is 2.38. The first-order valence-corrected chi connectivity index (χ1v) is 13.5. The number of alkyl halides is 8. The summed E-state index contributed by atoms with van der Waals surface area (Å²) in [6.07, 6.45) is -10.5. The highest BCUT2D eigenvalue weighted by molar-refractivity contribution is 6.29. The van der Waals surface area contributed by atoms with E-state index in [4.69, 9.17) is 31.4 Å². The van der Waals surface area contributed by atoms with Gasteiger partial charge in [-0.05, 0) is 11.1 Å². The van der Waals surface area contributed by atoms with Crippen molar-refractivity contribution in [1.82, 2.24) is 20.2 Å². The van der Waals surface area contributed by atoms with Gasteiger partial charge in [-0.1, -0.05) is 41.9 Å². The van der Waals surface area contributed by atoms with Gasteiger partial charge in [0, 0.05) is 32.1 Å². The summed E-state index contributed by atoms with van der Waals surface area (Å²) in [4.78, 5) is 60.9. The first kappa shape index (κ1) is 41.7. The number of nitrogens with zero attached hydrogens (tertiary/aromatic N) is 2. The molecule has 0 aliphatic rings. The highest BCUT2D eigenvalue weighted by Crippen LogP contribution is 2.21. The average molecular weight is 733 g/mol. The molecule has 2 amide bonds. The molecule has 1 atom stereocenters. The van der Waals surface area contributed by atoms with Gasteiger partial charge in [0.2, 0.25) is 17.5 Å². The van der Waals surface area contributed by atoms with E-state index in [2.05, 4.69) is 25.9 Å². The SMILES string of the molecule is CC(=O)NCc1ccccc1CNC(=O)Cn1c(Cl)cnc(NC(c2cccc[nH+]2)C(F)F)c1=O.O=C(O)C(F)(F)F.O=C([O-])C(F)(F)F. The Morgan fingerprint density at radius 3 is 1.90 bits per heavy atom. The van der Waals surface area contributed by atoms with Gasteiger partial charge in [0.1, 0.15) is 17.7 Å². The maximum absolute atomic E-state index is 13.7. The lowest BCUT2D eigenvalue weighted by molar-refractivity contribution is -0.394. The maximum Gasteiger partial charge on any atom is 0.490 e. The fourth-order valence-electron chi connectivity index (χ4n) is 3.25. The number of hydrogen-bond donors (Lipinski definition) is 4. The zero-order valence-electron chi connectivity index (χ0n) is 24.7. The largest absolute Gasteiger partial charge is 0.542 e. The van der Waals surface area contributed by atoms with Crippen LogP contribution in [0.3, 0.4) is 0 Å². The summed E-state index contributed by atoms with van der Waals surface area (Å²) < 4.78 is 91.5. The molecule has 0 bridgehead atoms. The topological polar surface area (TPSA) is 197 Å². The fourth-order valence-corrected chi connectivity index (χ4v) is 3.44. The minimum absolute atomic E-state index is 0.123. The number of amides is 2. The fraction of sp³-hybridized carbons (Fsp3) is 0.296. The van der Waals surface area contributed by atoms with Crippen molar-refractivity contribution in [1.29, 1.82) is 0 Å². The van der Waals surface area contributed by atoms with E-state index in [1.165, 1.54) is 19.2 Å². The third kappa shape index (κ3) is 15.0. The van der Waals surface area contributed by atoms with Crippen molar-refractivity contribution in [2.75, 3.05) is 5.32 Å². The molecule has 49 heavy (non-hydrogen) atoms. The molecule has 0 aliphatic heterocycles. The molecule has 0 spiro atoms. The molecule has 3 aromatic rings. The molecule has 1 unspecified atom stereocenters. The van der Waals surface area contributed by atoms with Crippen LogP contribution in [0.4, 0.5) is 40.9 Å². The number of benzene rings is 1. The summed E-state index contributed by atoms with van der Waals surface area (Å²) >= 11 is 6.07. The van der Waals surface area contributed by atoms with Crippen LogP contribution in [0.5, 0.6) is 0 Å². The number of carboxylic acid groups (broad SMARTS) is 2. The number of aliphatic carboxylic acids is 2. The predicted molar refractivity (Wildman–Crippen MR) is 149 cm³/mol. The van der Waals surface area contributed by atoms with Crippen LogP contribution < -0.4 is 31.6 Å². The van der Waals surface area contributed by atoms with Gasteiger partial charge in [-0.25, -0.2) is 23.5 Å². The minimum Gasteiger partial charge on any atom is -0.542 e. The van der Waals surface area contributed by atoms with Crippen LogP contribution in [0, 0.1) is 0 Å². The Morgan fingerprint density at radius 1 is 0.959 bits per heavy atom. The van der Waals surface area contributed by atoms with Crippen molar-refractivity contribution < 1.29 is 69.5 Å². The van der Waals surface area contributed by atoms with Crippen LogP contribution in [-0.2, 0) is 38.8 Å². The summed E-state index contributed by atoms with van der Waals surface area (Å²) in [5.74, 6) is -6.84. The molecular weight excluding hydrogens is 708 g/mol. The number of carboxylic acids is 2. The predicted octanol–water partition coefficient (Wildman–Crippen LogP) is 2.01. The molecule has 13 nitrogen and oxygen atoms in total. The van der Waals surface area contributed by atoms with Crippen molar-refractivity contribution in [2.45, 2.75) is 51.4 Å². The van der Waals surface area contributed by atoms with Crippen LogP contribution in [0.25, 0.3) is 0 Å². The summed E-state index contributed by atoms with van der Waals surface area (Å²) in [6, 6.07) is 10.4. The standard InChI is InChI=1S/C23H23ClF2N6O3.2C2HF3O2/c1-14(33)28-10-15-6-2-3-7-16(15)11-29-19(34)13-32-18(24)12-30-22(23(32)35)31-20(21(25)26)17-8-4-5-9-27-17;2*3-2(4,5)1(6)7/h2-9,12,20-21H,10-11,13H2,1H3,(H,28,33)(H,29,34)(H,30,31);2*(H,6,7). The second-order valence-electron chi connectivity index (χ2n) is 9.14. The van der Waals surface area contributed by atoms with Gasteiger partial charge in [-0.2, -0.15) is 26.3 Å². The third-order valence-corrected chi connectivity index (χ3v) is 5.82. The second kappa shape index (κ2) is 18.9. The minimum atomic E-state index is -5.19. The van der Waals surface area contributed by atoms with Crippen molar-refractivity contribution in [3.05, 3.63) is 87.2 Å². The zero-order valence-corrected chi connectivity index (χ0v) is 25.4. The van der Waals surface area contributed by atoms with Crippen LogP contribution >= 0.6 is 11.6 Å². The molecule has 22 heteroatoms. The van der Waals surface area contributed by atoms with Crippen molar-refractivity contribution >= 4 is 41.2 Å². The quantitative estimate of drug-likeness (QED) is 0.226. The number of aromatic amines is 1. The average Bonchev–Trinajstić information content (AvgIpc) is 3.01. The lowest BCUT2D eigenvalue weighted by Gasteiger charge is -2.16. The number of anilines is 1.